The highest BCUT2D eigenvalue weighted by molar-refractivity contribution is 7.99. The van der Waals surface area contributed by atoms with Gasteiger partial charge in [0, 0.05) is 21.6 Å². The molecule has 1 aliphatic rings. The van der Waals surface area contributed by atoms with E-state index in [2.05, 4.69) is 17.6 Å². The van der Waals surface area contributed by atoms with Crippen molar-refractivity contribution in [2.24, 2.45) is 5.84 Å². The number of hydrogen-bond donors (Lipinski definition) is 2. The lowest BCUT2D eigenvalue weighted by Crippen LogP contribution is -2.33. The maximum absolute atomic E-state index is 13.5. The van der Waals surface area contributed by atoms with Gasteiger partial charge in [-0.25, -0.2) is 4.39 Å². The van der Waals surface area contributed by atoms with Crippen molar-refractivity contribution in [3.63, 3.8) is 0 Å². The van der Waals surface area contributed by atoms with E-state index in [1.807, 2.05) is 12.1 Å². The van der Waals surface area contributed by atoms with Crippen molar-refractivity contribution in [3.05, 3.63) is 64.4 Å². The summed E-state index contributed by atoms with van der Waals surface area (Å²) < 4.78 is 13.5. The molecule has 5 heteroatoms. The third-order valence-corrected chi connectivity index (χ3v) is 5.16. The minimum Gasteiger partial charge on any atom is -0.271 e. The molecule has 2 atom stereocenters. The van der Waals surface area contributed by atoms with E-state index in [1.54, 1.807) is 17.8 Å². The predicted molar refractivity (Wildman–Crippen MR) is 81.4 cm³/mol. The highest BCUT2D eigenvalue weighted by Gasteiger charge is 2.31. The summed E-state index contributed by atoms with van der Waals surface area (Å²) in [6.45, 7) is 0. The van der Waals surface area contributed by atoms with Gasteiger partial charge in [-0.05, 0) is 35.4 Å². The van der Waals surface area contributed by atoms with Crippen LogP contribution in [-0.4, -0.2) is 5.75 Å². The van der Waals surface area contributed by atoms with Crippen molar-refractivity contribution in [1.29, 1.82) is 0 Å². The molecule has 0 saturated heterocycles. The fourth-order valence-corrected chi connectivity index (χ4v) is 4.17. The molecule has 1 aliphatic heterocycles. The summed E-state index contributed by atoms with van der Waals surface area (Å²) in [4.78, 5) is 1.25. The lowest BCUT2D eigenvalue weighted by Gasteiger charge is -2.24. The predicted octanol–water partition coefficient (Wildman–Crippen LogP) is 3.87. The van der Waals surface area contributed by atoms with Crippen LogP contribution in [0, 0.1) is 5.82 Å². The Morgan fingerprint density at radius 1 is 1.30 bits per heavy atom. The van der Waals surface area contributed by atoms with E-state index in [4.69, 9.17) is 17.4 Å². The van der Waals surface area contributed by atoms with Crippen LogP contribution in [0.5, 0.6) is 0 Å². The Labute approximate surface area is 126 Å². The Bertz CT molecular complexity index is 635. The van der Waals surface area contributed by atoms with Crippen LogP contribution in [0.4, 0.5) is 4.39 Å². The van der Waals surface area contributed by atoms with Crippen molar-refractivity contribution in [2.75, 3.05) is 5.75 Å². The molecule has 0 aromatic heterocycles. The lowest BCUT2D eigenvalue weighted by atomic mass is 9.89. The number of halogens is 2. The molecule has 20 heavy (non-hydrogen) atoms. The molecule has 2 nitrogen and oxygen atoms in total. The van der Waals surface area contributed by atoms with Gasteiger partial charge < -0.3 is 0 Å². The number of nitrogens with two attached hydrogens (primary N) is 1. The Morgan fingerprint density at radius 3 is 2.90 bits per heavy atom. The zero-order chi connectivity index (χ0) is 14.1. The summed E-state index contributed by atoms with van der Waals surface area (Å²) in [6.07, 6.45) is 0. The van der Waals surface area contributed by atoms with E-state index >= 15 is 0 Å². The van der Waals surface area contributed by atoms with Crippen molar-refractivity contribution in [2.45, 2.75) is 16.9 Å². The summed E-state index contributed by atoms with van der Waals surface area (Å²) >= 11 is 8.00. The normalized spacial score (nSPS) is 18.9. The van der Waals surface area contributed by atoms with Crippen LogP contribution in [0.3, 0.4) is 0 Å². The van der Waals surface area contributed by atoms with Crippen molar-refractivity contribution < 1.29 is 4.39 Å². The van der Waals surface area contributed by atoms with Crippen LogP contribution in [0.1, 0.15) is 23.1 Å². The van der Waals surface area contributed by atoms with Gasteiger partial charge in [-0.15, -0.1) is 11.8 Å². The first-order valence-electron chi connectivity index (χ1n) is 6.33. The molecule has 0 fully saturated rings. The van der Waals surface area contributed by atoms with Gasteiger partial charge in [0.1, 0.15) is 5.82 Å². The molecule has 1 heterocycles. The van der Waals surface area contributed by atoms with E-state index in [0.29, 0.717) is 10.6 Å². The van der Waals surface area contributed by atoms with E-state index in [1.165, 1.54) is 22.6 Å². The molecular weight excluding hydrogens is 295 g/mol. The van der Waals surface area contributed by atoms with Crippen LogP contribution in [0.25, 0.3) is 0 Å². The van der Waals surface area contributed by atoms with Gasteiger partial charge in [0.2, 0.25) is 0 Å². The summed E-state index contributed by atoms with van der Waals surface area (Å²) in [6, 6.07) is 12.4. The summed E-state index contributed by atoms with van der Waals surface area (Å²) in [5.41, 5.74) is 4.75. The van der Waals surface area contributed by atoms with Crippen LogP contribution < -0.4 is 11.3 Å². The van der Waals surface area contributed by atoms with Gasteiger partial charge in [0.25, 0.3) is 0 Å². The number of hydrazine groups is 1. The molecule has 0 amide bonds. The molecule has 0 saturated carbocycles. The molecule has 2 aromatic carbocycles. The van der Waals surface area contributed by atoms with Gasteiger partial charge in [0.05, 0.1) is 6.04 Å². The topological polar surface area (TPSA) is 38.0 Å². The molecule has 0 aliphatic carbocycles. The second-order valence-electron chi connectivity index (χ2n) is 4.77. The summed E-state index contributed by atoms with van der Waals surface area (Å²) in [7, 11) is 0. The first-order valence-corrected chi connectivity index (χ1v) is 7.70. The maximum Gasteiger partial charge on any atom is 0.123 e. The number of rotatable bonds is 3. The number of benzene rings is 2. The third kappa shape index (κ3) is 2.44. The highest BCUT2D eigenvalue weighted by atomic mass is 35.5. The molecule has 0 radical (unpaired) electrons. The van der Waals surface area contributed by atoms with Crippen molar-refractivity contribution in [3.8, 4) is 0 Å². The number of thioether (sulfide) groups is 1. The molecular formula is C15H14ClFN2S. The average molecular weight is 309 g/mol. The second-order valence-corrected chi connectivity index (χ2v) is 6.23. The Balaban J connectivity index is 2.01. The lowest BCUT2D eigenvalue weighted by molar-refractivity contribution is 0.482. The zero-order valence-electron chi connectivity index (χ0n) is 10.6. The Morgan fingerprint density at radius 2 is 2.10 bits per heavy atom. The SMILES string of the molecule is NNC(c1cc(F)ccc1Cl)C1CSc2ccccc21. The largest absolute Gasteiger partial charge is 0.271 e. The quantitative estimate of drug-likeness (QED) is 0.667. The smallest absolute Gasteiger partial charge is 0.123 e. The van der Waals surface area contributed by atoms with Crippen molar-refractivity contribution in [1.82, 2.24) is 5.43 Å². The zero-order valence-corrected chi connectivity index (χ0v) is 12.2. The summed E-state index contributed by atoms with van der Waals surface area (Å²) in [5.74, 6) is 6.50. The van der Waals surface area contributed by atoms with E-state index in [0.717, 1.165) is 5.75 Å². The van der Waals surface area contributed by atoms with Crippen LogP contribution in [0.2, 0.25) is 5.02 Å². The second kappa shape index (κ2) is 5.74. The highest BCUT2D eigenvalue weighted by Crippen LogP contribution is 2.46. The Kier molecular flexibility index (Phi) is 3.98. The molecule has 2 unspecified atom stereocenters. The monoisotopic (exact) mass is 308 g/mol. The van der Waals surface area contributed by atoms with Crippen LogP contribution >= 0.6 is 23.4 Å². The molecule has 3 N–H and O–H groups in total. The maximum atomic E-state index is 13.5. The Hall–Kier alpha value is -1.07. The van der Waals surface area contributed by atoms with E-state index < -0.39 is 0 Å². The van der Waals surface area contributed by atoms with Gasteiger partial charge in [-0.1, -0.05) is 29.8 Å². The third-order valence-electron chi connectivity index (χ3n) is 3.61. The standard InChI is InChI=1S/C15H14ClFN2S/c16-13-6-5-9(17)7-11(13)15(19-18)12-8-20-14-4-2-1-3-10(12)14/h1-7,12,15,19H,8,18H2. The fraction of sp³-hybridized carbons (Fsp3) is 0.200. The van der Waals surface area contributed by atoms with Crippen molar-refractivity contribution >= 4 is 23.4 Å². The molecule has 2 aromatic rings. The number of hydrogen-bond acceptors (Lipinski definition) is 3. The van der Waals surface area contributed by atoms with E-state index in [-0.39, 0.29) is 17.8 Å². The average Bonchev–Trinajstić information content (AvgIpc) is 2.88. The van der Waals surface area contributed by atoms with E-state index in [9.17, 15) is 4.39 Å². The molecule has 104 valence electrons. The number of nitrogens with one attached hydrogen (secondary N) is 1. The fourth-order valence-electron chi connectivity index (χ4n) is 2.64. The molecule has 0 spiro atoms. The molecule has 0 bridgehead atoms. The minimum atomic E-state index is -0.302. The van der Waals surface area contributed by atoms with Gasteiger partial charge in [-0.2, -0.15) is 0 Å². The molecule has 3 rings (SSSR count). The van der Waals surface area contributed by atoms with Crippen LogP contribution in [-0.2, 0) is 0 Å². The first-order chi connectivity index (χ1) is 9.70. The number of fused-ring (bicyclic) bond motifs is 1. The van der Waals surface area contributed by atoms with Gasteiger partial charge >= 0.3 is 0 Å². The van der Waals surface area contributed by atoms with Gasteiger partial charge in [0.15, 0.2) is 0 Å². The van der Waals surface area contributed by atoms with Gasteiger partial charge in [-0.3, -0.25) is 11.3 Å². The summed E-state index contributed by atoms with van der Waals surface area (Å²) in [5, 5.41) is 0.531. The first kappa shape index (κ1) is 13.9. The van der Waals surface area contributed by atoms with Crippen LogP contribution in [0.15, 0.2) is 47.4 Å². The minimum absolute atomic E-state index is 0.181.